The third-order valence-electron chi connectivity index (χ3n) is 3.30. The zero-order chi connectivity index (χ0) is 16.8. The number of rotatable bonds is 6. The fraction of sp³-hybridized carbons (Fsp3) is 0.111. The number of nitrogens with one attached hydrogen (secondary N) is 2. The standard InChI is InChI=1S/C18H16N2O4/c1-22-15-4-2-3-5-16(15)23-12-14-6-7-17(24-14)18(21)20-13-8-10-19-11-9-13/h2-11H,12H2,1H3,(H,19,20,21)/p+1. The van der Waals surface area contributed by atoms with Crippen molar-refractivity contribution in [2.75, 3.05) is 12.4 Å². The summed E-state index contributed by atoms with van der Waals surface area (Å²) in [6.45, 7) is 0.202. The number of aromatic amines is 1. The number of methoxy groups -OCH3 is 1. The molecule has 0 radical (unpaired) electrons. The molecule has 3 aromatic rings. The Labute approximate surface area is 139 Å². The van der Waals surface area contributed by atoms with Crippen LogP contribution in [0.4, 0.5) is 5.69 Å². The Hall–Kier alpha value is -3.28. The van der Waals surface area contributed by atoms with E-state index in [2.05, 4.69) is 10.3 Å². The molecule has 24 heavy (non-hydrogen) atoms. The Balaban J connectivity index is 1.62. The number of carbonyl (C=O) groups excluding carboxylic acids is 1. The molecule has 0 atom stereocenters. The predicted molar refractivity (Wildman–Crippen MR) is 87.0 cm³/mol. The largest absolute Gasteiger partial charge is 0.493 e. The molecule has 6 heteroatoms. The summed E-state index contributed by atoms with van der Waals surface area (Å²) in [4.78, 5) is 15.0. The van der Waals surface area contributed by atoms with Gasteiger partial charge < -0.3 is 19.2 Å². The van der Waals surface area contributed by atoms with Gasteiger partial charge in [0.25, 0.3) is 5.91 Å². The van der Waals surface area contributed by atoms with Crippen molar-refractivity contribution < 1.29 is 23.7 Å². The topological polar surface area (TPSA) is 74.8 Å². The SMILES string of the molecule is COc1ccccc1OCc1ccc(C(=O)Nc2cc[nH+]cc2)o1. The summed E-state index contributed by atoms with van der Waals surface area (Å²) in [7, 11) is 1.58. The zero-order valence-corrected chi connectivity index (χ0v) is 13.1. The van der Waals surface area contributed by atoms with Gasteiger partial charge in [-0.3, -0.25) is 4.79 Å². The molecule has 122 valence electrons. The van der Waals surface area contributed by atoms with Crippen LogP contribution in [0.1, 0.15) is 16.3 Å². The van der Waals surface area contributed by atoms with E-state index in [0.717, 1.165) is 0 Å². The number of amides is 1. The number of anilines is 1. The van der Waals surface area contributed by atoms with E-state index in [4.69, 9.17) is 13.9 Å². The molecule has 0 aliphatic carbocycles. The minimum Gasteiger partial charge on any atom is -0.493 e. The maximum absolute atomic E-state index is 12.1. The third kappa shape index (κ3) is 3.73. The van der Waals surface area contributed by atoms with Crippen LogP contribution in [0.15, 0.2) is 65.3 Å². The summed E-state index contributed by atoms with van der Waals surface area (Å²) in [6, 6.07) is 14.2. The van der Waals surface area contributed by atoms with Crippen molar-refractivity contribution in [1.82, 2.24) is 0 Å². The molecule has 6 nitrogen and oxygen atoms in total. The first-order valence-corrected chi connectivity index (χ1v) is 7.38. The summed E-state index contributed by atoms with van der Waals surface area (Å²) in [5.41, 5.74) is 0.682. The highest BCUT2D eigenvalue weighted by molar-refractivity contribution is 6.02. The summed E-state index contributed by atoms with van der Waals surface area (Å²) in [5.74, 6) is 1.71. The van der Waals surface area contributed by atoms with Gasteiger partial charge in [0.05, 0.1) is 12.8 Å². The van der Waals surface area contributed by atoms with Crippen molar-refractivity contribution in [1.29, 1.82) is 0 Å². The lowest BCUT2D eigenvalue weighted by Gasteiger charge is -2.08. The number of aromatic nitrogens is 1. The molecule has 2 heterocycles. The van der Waals surface area contributed by atoms with Gasteiger partial charge in [0.1, 0.15) is 12.4 Å². The fourth-order valence-electron chi connectivity index (χ4n) is 2.13. The van der Waals surface area contributed by atoms with Crippen LogP contribution in [-0.4, -0.2) is 13.0 Å². The Morgan fingerprint density at radius 1 is 1.08 bits per heavy atom. The number of hydrogen-bond acceptors (Lipinski definition) is 4. The molecule has 2 aromatic heterocycles. The minimum absolute atomic E-state index is 0.202. The van der Waals surface area contributed by atoms with Gasteiger partial charge in [-0.05, 0) is 24.3 Å². The van der Waals surface area contributed by atoms with Gasteiger partial charge in [-0.25, -0.2) is 4.98 Å². The van der Waals surface area contributed by atoms with Crippen molar-refractivity contribution in [2.24, 2.45) is 0 Å². The lowest BCUT2D eigenvalue weighted by atomic mass is 10.3. The van der Waals surface area contributed by atoms with Gasteiger partial charge in [0.15, 0.2) is 29.7 Å². The van der Waals surface area contributed by atoms with Crippen LogP contribution in [0.3, 0.4) is 0 Å². The molecule has 0 saturated heterocycles. The van der Waals surface area contributed by atoms with Crippen LogP contribution < -0.4 is 19.8 Å². The molecule has 0 aliphatic heterocycles. The molecule has 0 fully saturated rings. The van der Waals surface area contributed by atoms with E-state index in [1.807, 2.05) is 24.3 Å². The van der Waals surface area contributed by atoms with E-state index < -0.39 is 0 Å². The van der Waals surface area contributed by atoms with E-state index in [0.29, 0.717) is 22.9 Å². The average Bonchev–Trinajstić information content (AvgIpc) is 3.10. The monoisotopic (exact) mass is 325 g/mol. The van der Waals surface area contributed by atoms with Crippen molar-refractivity contribution in [3.8, 4) is 11.5 Å². The molecule has 2 N–H and O–H groups in total. The highest BCUT2D eigenvalue weighted by Crippen LogP contribution is 2.26. The Morgan fingerprint density at radius 3 is 2.58 bits per heavy atom. The molecule has 3 rings (SSSR count). The number of para-hydroxylation sites is 2. The van der Waals surface area contributed by atoms with Gasteiger partial charge >= 0.3 is 0 Å². The van der Waals surface area contributed by atoms with Crippen molar-refractivity contribution in [3.05, 3.63) is 72.4 Å². The van der Waals surface area contributed by atoms with Crippen LogP contribution in [0.5, 0.6) is 11.5 Å². The number of ether oxygens (including phenoxy) is 2. The lowest BCUT2D eigenvalue weighted by Crippen LogP contribution is -2.12. The molecule has 1 aromatic carbocycles. The number of H-pyrrole nitrogens is 1. The first-order valence-electron chi connectivity index (χ1n) is 7.38. The summed E-state index contributed by atoms with van der Waals surface area (Å²) in [5, 5.41) is 2.75. The Bertz CT molecular complexity index is 815. The van der Waals surface area contributed by atoms with Gasteiger partial charge in [-0.2, -0.15) is 0 Å². The van der Waals surface area contributed by atoms with Crippen LogP contribution in [0.25, 0.3) is 0 Å². The fourth-order valence-corrected chi connectivity index (χ4v) is 2.13. The molecule has 0 aliphatic rings. The van der Waals surface area contributed by atoms with Crippen molar-refractivity contribution in [2.45, 2.75) is 6.61 Å². The van der Waals surface area contributed by atoms with E-state index in [9.17, 15) is 4.79 Å². The second-order valence-electron chi connectivity index (χ2n) is 4.95. The van der Waals surface area contributed by atoms with E-state index in [1.54, 1.807) is 43.8 Å². The molecule has 0 spiro atoms. The van der Waals surface area contributed by atoms with Crippen molar-refractivity contribution >= 4 is 11.6 Å². The molecule has 0 bridgehead atoms. The lowest BCUT2D eigenvalue weighted by molar-refractivity contribution is -0.377. The molecular weight excluding hydrogens is 308 g/mol. The number of pyridine rings is 1. The number of furan rings is 1. The molecular formula is C18H17N2O4+. The summed E-state index contributed by atoms with van der Waals surface area (Å²) < 4.78 is 16.4. The number of benzene rings is 1. The van der Waals surface area contributed by atoms with Gasteiger partial charge in [-0.15, -0.1) is 0 Å². The van der Waals surface area contributed by atoms with Crippen LogP contribution in [-0.2, 0) is 6.61 Å². The average molecular weight is 325 g/mol. The second-order valence-corrected chi connectivity index (χ2v) is 4.95. The van der Waals surface area contributed by atoms with Crippen molar-refractivity contribution in [3.63, 3.8) is 0 Å². The normalized spacial score (nSPS) is 10.2. The van der Waals surface area contributed by atoms with Gasteiger partial charge in [0.2, 0.25) is 0 Å². The highest BCUT2D eigenvalue weighted by atomic mass is 16.5. The maximum atomic E-state index is 12.1. The van der Waals surface area contributed by atoms with Crippen LogP contribution in [0.2, 0.25) is 0 Å². The summed E-state index contributed by atoms with van der Waals surface area (Å²) in [6.07, 6.45) is 3.45. The van der Waals surface area contributed by atoms with Gasteiger partial charge in [-0.1, -0.05) is 12.1 Å². The van der Waals surface area contributed by atoms with Crippen LogP contribution >= 0.6 is 0 Å². The quantitative estimate of drug-likeness (QED) is 0.756. The van der Waals surface area contributed by atoms with E-state index >= 15 is 0 Å². The smallest absolute Gasteiger partial charge is 0.291 e. The second kappa shape index (κ2) is 7.32. The molecule has 0 unspecified atom stereocenters. The van der Waals surface area contributed by atoms with E-state index in [1.165, 1.54) is 0 Å². The number of carbonyl (C=O) groups is 1. The Morgan fingerprint density at radius 2 is 1.83 bits per heavy atom. The first kappa shape index (κ1) is 15.6. The zero-order valence-electron chi connectivity index (χ0n) is 13.1. The van der Waals surface area contributed by atoms with Crippen LogP contribution in [0, 0.1) is 0 Å². The Kier molecular flexibility index (Phi) is 4.76. The van der Waals surface area contributed by atoms with E-state index in [-0.39, 0.29) is 18.3 Å². The first-order chi connectivity index (χ1) is 11.8. The molecule has 0 saturated carbocycles. The van der Waals surface area contributed by atoms with Gasteiger partial charge in [0, 0.05) is 12.1 Å². The highest BCUT2D eigenvalue weighted by Gasteiger charge is 2.12. The third-order valence-corrected chi connectivity index (χ3v) is 3.30. The summed E-state index contributed by atoms with van der Waals surface area (Å²) >= 11 is 0. The predicted octanol–water partition coefficient (Wildman–Crippen LogP) is 2.93. The molecule has 1 amide bonds. The maximum Gasteiger partial charge on any atom is 0.291 e. The minimum atomic E-state index is -0.315. The number of hydrogen-bond donors (Lipinski definition) is 1.